The average Bonchev–Trinajstić information content (AvgIpc) is 3.50. The molecular weight excluding hydrogens is 552 g/mol. The number of halogens is 1. The highest BCUT2D eigenvalue weighted by atomic mass is 35.5. The molecule has 0 aromatic heterocycles. The van der Waals surface area contributed by atoms with Crippen LogP contribution in [0.15, 0.2) is 66.7 Å². The van der Waals surface area contributed by atoms with Crippen molar-refractivity contribution < 1.29 is 19.5 Å². The summed E-state index contributed by atoms with van der Waals surface area (Å²) in [6.07, 6.45) is 2.41. The van der Waals surface area contributed by atoms with Gasteiger partial charge < -0.3 is 21.1 Å². The van der Waals surface area contributed by atoms with E-state index in [0.29, 0.717) is 39.0 Å². The van der Waals surface area contributed by atoms with Crippen molar-refractivity contribution in [2.45, 2.75) is 65.1 Å². The van der Waals surface area contributed by atoms with Gasteiger partial charge in [0.05, 0.1) is 6.04 Å². The molecular formula is C33H43ClN4O4. The largest absolute Gasteiger partial charge is 0.508 e. The number of aromatic hydroxyl groups is 1. The lowest BCUT2D eigenvalue weighted by atomic mass is 9.91. The van der Waals surface area contributed by atoms with E-state index in [4.69, 9.17) is 0 Å². The fraction of sp³-hybridized carbons (Fsp3) is 0.424. The highest BCUT2D eigenvalue weighted by Gasteiger charge is 2.42. The molecule has 3 aromatic carbocycles. The number of nitrogens with zero attached hydrogens (tertiary/aromatic N) is 1. The molecule has 226 valence electrons. The monoisotopic (exact) mass is 594 g/mol. The van der Waals surface area contributed by atoms with E-state index in [1.165, 1.54) is 4.90 Å². The summed E-state index contributed by atoms with van der Waals surface area (Å²) in [5.74, 6) is -0.789. The molecule has 3 amide bonds. The number of phenols is 1. The number of carbonyl (C=O) groups excluding carboxylic acids is 3. The Kier molecular flexibility index (Phi) is 11.9. The van der Waals surface area contributed by atoms with E-state index in [1.807, 2.05) is 54.6 Å². The topological polar surface area (TPSA) is 111 Å². The number of amides is 3. The Morgan fingerprint density at radius 3 is 2.33 bits per heavy atom. The highest BCUT2D eigenvalue weighted by molar-refractivity contribution is 6.04. The second kappa shape index (κ2) is 15.1. The third-order valence-corrected chi connectivity index (χ3v) is 7.41. The van der Waals surface area contributed by atoms with Crippen LogP contribution in [0, 0.1) is 5.41 Å². The maximum Gasteiger partial charge on any atom is 0.247 e. The first-order valence-corrected chi connectivity index (χ1v) is 14.5. The Labute approximate surface area is 254 Å². The minimum atomic E-state index is -0.970. The summed E-state index contributed by atoms with van der Waals surface area (Å²) in [6, 6.07) is 19.6. The third-order valence-electron chi connectivity index (χ3n) is 7.41. The van der Waals surface area contributed by atoms with E-state index in [9.17, 15) is 19.5 Å². The number of hydrogen-bond acceptors (Lipinski definition) is 6. The summed E-state index contributed by atoms with van der Waals surface area (Å²) in [6.45, 7) is 7.78. The first-order chi connectivity index (χ1) is 19.6. The number of benzene rings is 3. The minimum absolute atomic E-state index is 0. The van der Waals surface area contributed by atoms with Crippen molar-refractivity contribution in [3.05, 3.63) is 77.9 Å². The molecule has 0 radical (unpaired) electrons. The summed E-state index contributed by atoms with van der Waals surface area (Å²) < 4.78 is 0. The fourth-order valence-electron chi connectivity index (χ4n) is 5.10. The molecule has 1 heterocycles. The van der Waals surface area contributed by atoms with Crippen molar-refractivity contribution in [2.75, 3.05) is 19.6 Å². The van der Waals surface area contributed by atoms with Crippen LogP contribution in [0.2, 0.25) is 0 Å². The van der Waals surface area contributed by atoms with Gasteiger partial charge in [0.1, 0.15) is 11.8 Å². The van der Waals surface area contributed by atoms with Gasteiger partial charge in [0.25, 0.3) is 0 Å². The Bertz CT molecular complexity index is 1350. The lowest BCUT2D eigenvalue weighted by Crippen LogP contribution is -2.59. The first-order valence-electron chi connectivity index (χ1n) is 14.5. The quantitative estimate of drug-likeness (QED) is 0.246. The third kappa shape index (κ3) is 8.77. The van der Waals surface area contributed by atoms with E-state index in [0.717, 1.165) is 28.3 Å². The van der Waals surface area contributed by atoms with Gasteiger partial charge in [0.15, 0.2) is 0 Å². The predicted octanol–water partition coefficient (Wildman–Crippen LogP) is 4.33. The van der Waals surface area contributed by atoms with Gasteiger partial charge in [-0.2, -0.15) is 0 Å². The molecule has 0 spiro atoms. The molecule has 3 aromatic rings. The van der Waals surface area contributed by atoms with Crippen molar-refractivity contribution in [1.82, 2.24) is 20.9 Å². The molecule has 0 bridgehead atoms. The first kappa shape index (κ1) is 33.0. The summed E-state index contributed by atoms with van der Waals surface area (Å²) >= 11 is 0. The summed E-state index contributed by atoms with van der Waals surface area (Å²) in [7, 11) is 0. The van der Waals surface area contributed by atoms with Crippen LogP contribution in [-0.4, -0.2) is 59.4 Å². The smallest absolute Gasteiger partial charge is 0.247 e. The van der Waals surface area contributed by atoms with E-state index >= 15 is 0 Å². The van der Waals surface area contributed by atoms with Crippen LogP contribution in [0.3, 0.4) is 0 Å². The van der Waals surface area contributed by atoms with Crippen LogP contribution in [0.4, 0.5) is 0 Å². The molecule has 1 aliphatic heterocycles. The predicted molar refractivity (Wildman–Crippen MR) is 168 cm³/mol. The Hall–Kier alpha value is -3.46. The molecule has 0 aliphatic carbocycles. The van der Waals surface area contributed by atoms with Crippen molar-refractivity contribution >= 4 is 40.9 Å². The van der Waals surface area contributed by atoms with Crippen molar-refractivity contribution in [3.63, 3.8) is 0 Å². The van der Waals surface area contributed by atoms with Gasteiger partial charge in [-0.3, -0.25) is 19.3 Å². The van der Waals surface area contributed by atoms with Crippen LogP contribution >= 0.6 is 12.4 Å². The molecule has 1 fully saturated rings. The normalized spacial score (nSPS) is 15.5. The van der Waals surface area contributed by atoms with E-state index in [2.05, 4.69) is 16.0 Å². The van der Waals surface area contributed by atoms with E-state index in [-0.39, 0.29) is 42.3 Å². The van der Waals surface area contributed by atoms with Gasteiger partial charge in [-0.05, 0) is 66.4 Å². The number of imide groups is 1. The SMILES string of the molecule is CC(C)(C)C(=O)N(C(=O)[C@@H]1CCCN1)[C@H](Cc1ccc2ccccc2c1)C(=O)NCCCNCc1ccc(O)cc1.Cl. The van der Waals surface area contributed by atoms with Crippen LogP contribution in [0.5, 0.6) is 5.75 Å². The minimum Gasteiger partial charge on any atom is -0.508 e. The van der Waals surface area contributed by atoms with Gasteiger partial charge in [0, 0.05) is 24.9 Å². The molecule has 1 aliphatic rings. The molecule has 8 nitrogen and oxygen atoms in total. The molecule has 1 saturated heterocycles. The Balaban J connectivity index is 0.00000484. The summed E-state index contributed by atoms with van der Waals surface area (Å²) in [5, 5.41) is 21.1. The number of hydrogen-bond donors (Lipinski definition) is 4. The lowest BCUT2D eigenvalue weighted by Gasteiger charge is -2.35. The summed E-state index contributed by atoms with van der Waals surface area (Å²) in [5.41, 5.74) is 1.10. The summed E-state index contributed by atoms with van der Waals surface area (Å²) in [4.78, 5) is 42.5. The zero-order valence-corrected chi connectivity index (χ0v) is 25.5. The molecule has 2 atom stereocenters. The molecule has 0 unspecified atom stereocenters. The van der Waals surface area contributed by atoms with Gasteiger partial charge in [-0.15, -0.1) is 12.4 Å². The van der Waals surface area contributed by atoms with Gasteiger partial charge in [-0.1, -0.05) is 75.4 Å². The number of phenolic OH excluding ortho intramolecular Hbond substituents is 1. The second-order valence-corrected chi connectivity index (χ2v) is 11.8. The van der Waals surface area contributed by atoms with Crippen LogP contribution in [-0.2, 0) is 27.3 Å². The van der Waals surface area contributed by atoms with Crippen LogP contribution < -0.4 is 16.0 Å². The maximum atomic E-state index is 13.8. The van der Waals surface area contributed by atoms with Crippen molar-refractivity contribution in [3.8, 4) is 5.75 Å². The number of nitrogens with one attached hydrogen (secondary N) is 3. The highest BCUT2D eigenvalue weighted by Crippen LogP contribution is 2.25. The van der Waals surface area contributed by atoms with Gasteiger partial charge >= 0.3 is 0 Å². The lowest BCUT2D eigenvalue weighted by molar-refractivity contribution is -0.157. The van der Waals surface area contributed by atoms with Crippen molar-refractivity contribution in [2.24, 2.45) is 5.41 Å². The Morgan fingerprint density at radius 2 is 1.67 bits per heavy atom. The number of rotatable bonds is 11. The average molecular weight is 595 g/mol. The zero-order valence-electron chi connectivity index (χ0n) is 24.7. The van der Waals surface area contributed by atoms with Crippen molar-refractivity contribution in [1.29, 1.82) is 0 Å². The standard InChI is InChI=1S/C33H42N4O4.ClH/c1-33(2,3)32(41)37(31(40)28-10-6-18-35-28)29(21-24-11-14-25-8-4-5-9-26(25)20-24)30(39)36-19-7-17-34-22-23-12-15-27(38)16-13-23;/h4-5,8-9,11-16,20,28-29,34-35,38H,6-7,10,17-19,21-22H2,1-3H3,(H,36,39);1H/t28-,29+;/m0./s1. The fourth-order valence-corrected chi connectivity index (χ4v) is 5.10. The molecule has 9 heteroatoms. The maximum absolute atomic E-state index is 13.8. The van der Waals surface area contributed by atoms with Gasteiger partial charge in [-0.25, -0.2) is 0 Å². The number of fused-ring (bicyclic) bond motifs is 1. The van der Waals surface area contributed by atoms with Crippen LogP contribution in [0.25, 0.3) is 10.8 Å². The second-order valence-electron chi connectivity index (χ2n) is 11.8. The van der Waals surface area contributed by atoms with E-state index in [1.54, 1.807) is 32.9 Å². The zero-order chi connectivity index (χ0) is 29.4. The Morgan fingerprint density at radius 1 is 0.976 bits per heavy atom. The van der Waals surface area contributed by atoms with Crippen LogP contribution in [0.1, 0.15) is 51.2 Å². The van der Waals surface area contributed by atoms with Gasteiger partial charge in [0.2, 0.25) is 17.7 Å². The molecule has 4 N–H and O–H groups in total. The molecule has 4 rings (SSSR count). The molecule has 0 saturated carbocycles. The molecule has 42 heavy (non-hydrogen) atoms. The number of carbonyl (C=O) groups is 3. The van der Waals surface area contributed by atoms with E-state index < -0.39 is 17.5 Å².